The normalized spacial score (nSPS) is 18.8. The van der Waals surface area contributed by atoms with Crippen LogP contribution in [0, 0.1) is 0 Å². The Morgan fingerprint density at radius 1 is 1.16 bits per heavy atom. The molecule has 1 fully saturated rings. The number of Topliss-reactive ketones (excluding diaryl/α,β-unsaturated/α-hetero) is 1. The minimum Gasteiger partial charge on any atom is -0.493 e. The number of benzene rings is 1. The molecule has 0 amide bonds. The monoisotopic (exact) mass is 259 g/mol. The summed E-state index contributed by atoms with van der Waals surface area (Å²) in [5.74, 6) is 1.18. The van der Waals surface area contributed by atoms with E-state index in [0.717, 1.165) is 42.9 Å². The predicted octanol–water partition coefficient (Wildman–Crippen LogP) is 2.68. The van der Waals surface area contributed by atoms with Gasteiger partial charge in [0.05, 0.1) is 6.61 Å². The lowest BCUT2D eigenvalue weighted by Gasteiger charge is -2.15. The summed E-state index contributed by atoms with van der Waals surface area (Å²) in [5, 5.41) is 0. The fraction of sp³-hybridized carbons (Fsp3) is 0.562. The number of ether oxygens (including phenoxy) is 1. The van der Waals surface area contributed by atoms with Gasteiger partial charge in [-0.15, -0.1) is 0 Å². The van der Waals surface area contributed by atoms with Crippen molar-refractivity contribution in [2.75, 3.05) is 26.2 Å². The molecule has 1 saturated heterocycles. The zero-order valence-electron chi connectivity index (χ0n) is 11.4. The first-order chi connectivity index (χ1) is 9.34. The molecule has 3 heteroatoms. The van der Waals surface area contributed by atoms with Crippen molar-refractivity contribution in [3.05, 3.63) is 29.3 Å². The number of rotatable bonds is 5. The fourth-order valence-electron chi connectivity index (χ4n) is 3.07. The van der Waals surface area contributed by atoms with Crippen molar-refractivity contribution in [3.63, 3.8) is 0 Å². The third-order valence-corrected chi connectivity index (χ3v) is 4.11. The van der Waals surface area contributed by atoms with Crippen molar-refractivity contribution in [3.8, 4) is 5.75 Å². The maximum absolute atomic E-state index is 11.7. The first-order valence-electron chi connectivity index (χ1n) is 7.35. The molecule has 0 unspecified atom stereocenters. The lowest BCUT2D eigenvalue weighted by Crippen LogP contribution is -2.22. The molecule has 1 aromatic carbocycles. The molecule has 102 valence electrons. The highest BCUT2D eigenvalue weighted by Gasteiger charge is 2.22. The Bertz CT molecular complexity index is 464. The molecule has 0 spiro atoms. The summed E-state index contributed by atoms with van der Waals surface area (Å²) in [6.45, 7) is 4.37. The number of hydrogen-bond donors (Lipinski definition) is 0. The number of fused-ring (bicyclic) bond motifs is 1. The van der Waals surface area contributed by atoms with Gasteiger partial charge in [0, 0.05) is 24.1 Å². The second-order valence-corrected chi connectivity index (χ2v) is 5.46. The molecule has 1 aliphatic heterocycles. The van der Waals surface area contributed by atoms with Crippen LogP contribution in [-0.2, 0) is 6.42 Å². The predicted molar refractivity (Wildman–Crippen MR) is 74.9 cm³/mol. The van der Waals surface area contributed by atoms with Gasteiger partial charge in [-0.25, -0.2) is 0 Å². The van der Waals surface area contributed by atoms with Crippen LogP contribution < -0.4 is 4.74 Å². The summed E-state index contributed by atoms with van der Waals surface area (Å²) in [5.41, 5.74) is 1.99. The minimum atomic E-state index is 0.262. The van der Waals surface area contributed by atoms with E-state index in [0.29, 0.717) is 6.42 Å². The Morgan fingerprint density at radius 3 is 2.84 bits per heavy atom. The molecular formula is C16H21NO2. The van der Waals surface area contributed by atoms with Crippen molar-refractivity contribution in [1.29, 1.82) is 0 Å². The third kappa shape index (κ3) is 2.81. The van der Waals surface area contributed by atoms with Crippen LogP contribution in [0.2, 0.25) is 0 Å². The Labute approximate surface area is 114 Å². The number of carbonyl (C=O) groups excluding carboxylic acids is 1. The molecule has 3 nitrogen and oxygen atoms in total. The Kier molecular flexibility index (Phi) is 3.83. The average molecular weight is 259 g/mol. The van der Waals surface area contributed by atoms with Crippen molar-refractivity contribution in [1.82, 2.24) is 4.90 Å². The molecule has 0 saturated carbocycles. The maximum atomic E-state index is 11.7. The van der Waals surface area contributed by atoms with Crippen molar-refractivity contribution >= 4 is 5.78 Å². The largest absolute Gasteiger partial charge is 0.493 e. The van der Waals surface area contributed by atoms with Gasteiger partial charge in [-0.05, 0) is 44.8 Å². The molecule has 2 aliphatic rings. The summed E-state index contributed by atoms with van der Waals surface area (Å²) in [4.78, 5) is 14.2. The van der Waals surface area contributed by atoms with E-state index in [1.807, 2.05) is 18.2 Å². The van der Waals surface area contributed by atoms with Gasteiger partial charge in [-0.1, -0.05) is 12.1 Å². The Balaban J connectivity index is 1.51. The zero-order chi connectivity index (χ0) is 13.1. The molecule has 0 bridgehead atoms. The van der Waals surface area contributed by atoms with E-state index in [-0.39, 0.29) is 5.78 Å². The van der Waals surface area contributed by atoms with Crippen LogP contribution in [0.3, 0.4) is 0 Å². The molecular weight excluding hydrogens is 238 g/mol. The summed E-state index contributed by atoms with van der Waals surface area (Å²) in [6, 6.07) is 5.84. The Hall–Kier alpha value is -1.35. The van der Waals surface area contributed by atoms with Crippen molar-refractivity contribution in [2.24, 2.45) is 0 Å². The Morgan fingerprint density at radius 2 is 2.00 bits per heavy atom. The van der Waals surface area contributed by atoms with Crippen LogP contribution in [0.1, 0.15) is 41.6 Å². The minimum absolute atomic E-state index is 0.262. The first kappa shape index (κ1) is 12.7. The maximum Gasteiger partial charge on any atom is 0.163 e. The highest BCUT2D eigenvalue weighted by molar-refractivity contribution is 6.01. The van der Waals surface area contributed by atoms with E-state index in [9.17, 15) is 4.79 Å². The van der Waals surface area contributed by atoms with Crippen LogP contribution in [0.5, 0.6) is 5.75 Å². The van der Waals surface area contributed by atoms with Gasteiger partial charge in [-0.2, -0.15) is 0 Å². The molecule has 1 aliphatic carbocycles. The summed E-state index contributed by atoms with van der Waals surface area (Å²) >= 11 is 0. The van der Waals surface area contributed by atoms with Crippen LogP contribution in [-0.4, -0.2) is 36.9 Å². The second kappa shape index (κ2) is 5.74. The molecule has 3 rings (SSSR count). The van der Waals surface area contributed by atoms with Gasteiger partial charge in [-0.3, -0.25) is 4.79 Å². The number of carbonyl (C=O) groups is 1. The summed E-state index contributed by atoms with van der Waals surface area (Å²) < 4.78 is 5.88. The zero-order valence-corrected chi connectivity index (χ0v) is 11.4. The van der Waals surface area contributed by atoms with E-state index in [1.54, 1.807) is 0 Å². The average Bonchev–Trinajstić information content (AvgIpc) is 3.06. The van der Waals surface area contributed by atoms with Crippen molar-refractivity contribution < 1.29 is 9.53 Å². The number of hydrogen-bond acceptors (Lipinski definition) is 3. The first-order valence-corrected chi connectivity index (χ1v) is 7.35. The molecule has 0 atom stereocenters. The lowest BCUT2D eigenvalue weighted by molar-refractivity contribution is 0.0994. The van der Waals surface area contributed by atoms with Crippen LogP contribution >= 0.6 is 0 Å². The van der Waals surface area contributed by atoms with E-state index in [1.165, 1.54) is 25.9 Å². The van der Waals surface area contributed by atoms with Crippen LogP contribution in [0.25, 0.3) is 0 Å². The summed E-state index contributed by atoms with van der Waals surface area (Å²) in [7, 11) is 0. The molecule has 0 aromatic heterocycles. The molecule has 19 heavy (non-hydrogen) atoms. The van der Waals surface area contributed by atoms with Gasteiger partial charge in [0.15, 0.2) is 5.78 Å². The van der Waals surface area contributed by atoms with Gasteiger partial charge in [0.25, 0.3) is 0 Å². The number of likely N-dealkylation sites (tertiary alicyclic amines) is 1. The fourth-order valence-corrected chi connectivity index (χ4v) is 3.07. The van der Waals surface area contributed by atoms with E-state index < -0.39 is 0 Å². The topological polar surface area (TPSA) is 29.5 Å². The van der Waals surface area contributed by atoms with E-state index in [2.05, 4.69) is 4.90 Å². The van der Waals surface area contributed by atoms with Crippen LogP contribution in [0.4, 0.5) is 0 Å². The van der Waals surface area contributed by atoms with Gasteiger partial charge in [0.1, 0.15) is 5.75 Å². The smallest absolute Gasteiger partial charge is 0.163 e. The lowest BCUT2D eigenvalue weighted by atomic mass is 10.1. The highest BCUT2D eigenvalue weighted by Crippen LogP contribution is 2.30. The number of nitrogens with zero attached hydrogens (tertiary/aromatic N) is 1. The van der Waals surface area contributed by atoms with Crippen LogP contribution in [0.15, 0.2) is 18.2 Å². The summed E-state index contributed by atoms with van der Waals surface area (Å²) in [6.07, 6.45) is 5.24. The highest BCUT2D eigenvalue weighted by atomic mass is 16.5. The van der Waals surface area contributed by atoms with Gasteiger partial charge >= 0.3 is 0 Å². The van der Waals surface area contributed by atoms with Gasteiger partial charge < -0.3 is 9.64 Å². The molecule has 0 N–H and O–H groups in total. The quantitative estimate of drug-likeness (QED) is 0.761. The van der Waals surface area contributed by atoms with E-state index in [4.69, 9.17) is 4.74 Å². The number of ketones is 1. The van der Waals surface area contributed by atoms with E-state index >= 15 is 0 Å². The van der Waals surface area contributed by atoms with Crippen molar-refractivity contribution in [2.45, 2.75) is 32.1 Å². The second-order valence-electron chi connectivity index (χ2n) is 5.46. The van der Waals surface area contributed by atoms with Gasteiger partial charge in [0.2, 0.25) is 0 Å². The molecule has 1 heterocycles. The molecule has 1 aromatic rings. The molecule has 0 radical (unpaired) electrons. The SMILES string of the molecule is O=C1CCc2c(OCCCN3CCCC3)cccc21. The third-order valence-electron chi connectivity index (χ3n) is 4.11. The standard InChI is InChI=1S/C16H21NO2/c18-15-8-7-14-13(15)5-3-6-16(14)19-12-4-11-17-9-1-2-10-17/h3,5-6H,1-2,4,7-12H2.